The Morgan fingerprint density at radius 3 is 2.88 bits per heavy atom. The first-order chi connectivity index (χ1) is 11.9. The fourth-order valence-corrected chi connectivity index (χ4v) is 5.38. The zero-order valence-corrected chi connectivity index (χ0v) is 15.3. The summed E-state index contributed by atoms with van der Waals surface area (Å²) in [6, 6.07) is 4.68. The molecule has 0 saturated carbocycles. The van der Waals surface area contributed by atoms with E-state index in [1.165, 1.54) is 16.2 Å². The number of aromatic nitrogens is 1. The number of esters is 1. The first kappa shape index (κ1) is 17.8. The van der Waals surface area contributed by atoms with Gasteiger partial charge in [0.2, 0.25) is 0 Å². The lowest BCUT2D eigenvalue weighted by atomic mass is 10.2. The predicted molar refractivity (Wildman–Crippen MR) is 94.3 cm³/mol. The Hall–Kier alpha value is -2.00. The van der Waals surface area contributed by atoms with Crippen LogP contribution in [0.25, 0.3) is 10.2 Å². The van der Waals surface area contributed by atoms with Crippen LogP contribution in [0.4, 0.5) is 0 Å². The Morgan fingerprint density at radius 2 is 2.20 bits per heavy atom. The number of hydrogen-bond acceptors (Lipinski definition) is 7. The topological polar surface area (TPSA) is 93.6 Å². The van der Waals surface area contributed by atoms with Crippen LogP contribution in [0.15, 0.2) is 23.7 Å². The van der Waals surface area contributed by atoms with Gasteiger partial charge in [-0.25, -0.2) is 18.2 Å². The lowest BCUT2D eigenvalue weighted by Crippen LogP contribution is -2.43. The molecule has 25 heavy (non-hydrogen) atoms. The van der Waals surface area contributed by atoms with Gasteiger partial charge in [-0.1, -0.05) is 0 Å². The van der Waals surface area contributed by atoms with Gasteiger partial charge in [-0.15, -0.1) is 11.3 Å². The minimum Gasteiger partial charge on any atom is -0.452 e. The molecule has 2 aromatic rings. The molecule has 0 bridgehead atoms. The van der Waals surface area contributed by atoms with Crippen LogP contribution >= 0.6 is 11.3 Å². The maximum absolute atomic E-state index is 12.3. The van der Waals surface area contributed by atoms with E-state index in [0.717, 1.165) is 10.2 Å². The zero-order valence-electron chi connectivity index (χ0n) is 13.7. The van der Waals surface area contributed by atoms with E-state index in [0.29, 0.717) is 18.5 Å². The minimum absolute atomic E-state index is 0.0252. The van der Waals surface area contributed by atoms with Crippen molar-refractivity contribution in [1.82, 2.24) is 9.88 Å². The van der Waals surface area contributed by atoms with Gasteiger partial charge in [-0.05, 0) is 31.5 Å². The average Bonchev–Trinajstić information content (AvgIpc) is 3.18. The van der Waals surface area contributed by atoms with E-state index in [1.54, 1.807) is 30.6 Å². The predicted octanol–water partition coefficient (Wildman–Crippen LogP) is 1.49. The zero-order chi connectivity index (χ0) is 18.0. The second kappa shape index (κ2) is 7.09. The van der Waals surface area contributed by atoms with Gasteiger partial charge in [-0.3, -0.25) is 4.79 Å². The highest BCUT2D eigenvalue weighted by Crippen LogP contribution is 2.20. The van der Waals surface area contributed by atoms with Crippen LogP contribution in [0.2, 0.25) is 0 Å². The molecule has 1 aromatic carbocycles. The van der Waals surface area contributed by atoms with Crippen molar-refractivity contribution in [3.05, 3.63) is 29.3 Å². The maximum atomic E-state index is 12.3. The molecule has 1 aliphatic heterocycles. The molecule has 9 heteroatoms. The number of nitrogens with zero attached hydrogens (tertiary/aromatic N) is 2. The average molecular weight is 382 g/mol. The van der Waals surface area contributed by atoms with Crippen LogP contribution < -0.4 is 0 Å². The molecule has 0 aliphatic carbocycles. The minimum atomic E-state index is -3.08. The first-order valence-corrected chi connectivity index (χ1v) is 10.6. The lowest BCUT2D eigenvalue weighted by Gasteiger charge is -2.26. The number of benzene rings is 1. The Kier molecular flexibility index (Phi) is 5.05. The molecule has 1 amide bonds. The summed E-state index contributed by atoms with van der Waals surface area (Å²) in [6.07, 6.45) is 0.428. The maximum Gasteiger partial charge on any atom is 0.338 e. The molecule has 0 spiro atoms. The van der Waals surface area contributed by atoms with Gasteiger partial charge in [0.25, 0.3) is 5.91 Å². The largest absolute Gasteiger partial charge is 0.452 e. The molecule has 7 nitrogen and oxygen atoms in total. The van der Waals surface area contributed by atoms with Crippen LogP contribution in [0.1, 0.15) is 23.7 Å². The number of hydrogen-bond donors (Lipinski definition) is 0. The fraction of sp³-hybridized carbons (Fsp3) is 0.438. The van der Waals surface area contributed by atoms with Gasteiger partial charge < -0.3 is 9.64 Å². The van der Waals surface area contributed by atoms with Gasteiger partial charge in [0.1, 0.15) is 0 Å². The highest BCUT2D eigenvalue weighted by molar-refractivity contribution is 7.91. The second-order valence-corrected chi connectivity index (χ2v) is 8.96. The lowest BCUT2D eigenvalue weighted by molar-refractivity contribution is -0.136. The van der Waals surface area contributed by atoms with Gasteiger partial charge in [0.05, 0.1) is 32.8 Å². The number of ether oxygens (including phenoxy) is 1. The van der Waals surface area contributed by atoms with Gasteiger partial charge in [0, 0.05) is 12.6 Å². The van der Waals surface area contributed by atoms with Crippen LogP contribution in [0.5, 0.6) is 0 Å². The van der Waals surface area contributed by atoms with Crippen molar-refractivity contribution in [2.24, 2.45) is 0 Å². The van der Waals surface area contributed by atoms with Crippen molar-refractivity contribution >= 4 is 43.3 Å². The molecule has 0 unspecified atom stereocenters. The summed E-state index contributed by atoms with van der Waals surface area (Å²) in [6.45, 7) is 1.76. The number of rotatable bonds is 5. The molecule has 134 valence electrons. The molecule has 2 heterocycles. The molecule has 3 rings (SSSR count). The Balaban J connectivity index is 1.61. The third-order valence-corrected chi connectivity index (χ3v) is 6.75. The van der Waals surface area contributed by atoms with Crippen molar-refractivity contribution in [2.75, 3.05) is 24.7 Å². The van der Waals surface area contributed by atoms with E-state index in [-0.39, 0.29) is 23.5 Å². The van der Waals surface area contributed by atoms with E-state index in [2.05, 4.69) is 4.98 Å². The summed E-state index contributed by atoms with van der Waals surface area (Å²) >= 11 is 1.42. The standard InChI is InChI=1S/C16H18N2O5S2/c1-2-18(12-5-6-25(21,22)9-12)15(19)8-23-16(20)11-3-4-13-14(7-11)24-10-17-13/h3-4,7,10,12H,2,5-6,8-9H2,1H3/t12-/m0/s1. The summed E-state index contributed by atoms with van der Waals surface area (Å²) in [7, 11) is -3.08. The fourth-order valence-electron chi connectivity index (χ4n) is 2.93. The van der Waals surface area contributed by atoms with E-state index in [4.69, 9.17) is 4.74 Å². The van der Waals surface area contributed by atoms with Crippen molar-refractivity contribution < 1.29 is 22.7 Å². The van der Waals surface area contributed by atoms with Gasteiger partial charge >= 0.3 is 5.97 Å². The van der Waals surface area contributed by atoms with Crippen molar-refractivity contribution in [3.63, 3.8) is 0 Å². The number of carbonyl (C=O) groups excluding carboxylic acids is 2. The number of thiazole rings is 1. The SMILES string of the molecule is CCN(C(=O)COC(=O)c1ccc2ncsc2c1)[C@H]1CCS(=O)(=O)C1. The van der Waals surface area contributed by atoms with Crippen LogP contribution in [-0.2, 0) is 19.4 Å². The third kappa shape index (κ3) is 3.98. The summed E-state index contributed by atoms with van der Waals surface area (Å²) in [4.78, 5) is 30.1. The van der Waals surface area contributed by atoms with E-state index in [1.807, 2.05) is 0 Å². The van der Waals surface area contributed by atoms with Crippen molar-refractivity contribution in [2.45, 2.75) is 19.4 Å². The number of amides is 1. The molecule has 1 aliphatic rings. The van der Waals surface area contributed by atoms with Gasteiger partial charge in [-0.2, -0.15) is 0 Å². The molecule has 1 fully saturated rings. The number of likely N-dealkylation sites (N-methyl/N-ethyl adjacent to an activating group) is 1. The molecular formula is C16H18N2O5S2. The molecular weight excluding hydrogens is 364 g/mol. The Morgan fingerprint density at radius 1 is 1.40 bits per heavy atom. The third-order valence-electron chi connectivity index (χ3n) is 4.20. The molecule has 1 saturated heterocycles. The number of fused-ring (bicyclic) bond motifs is 1. The van der Waals surface area contributed by atoms with Crippen LogP contribution in [0.3, 0.4) is 0 Å². The highest BCUT2D eigenvalue weighted by atomic mass is 32.2. The van der Waals surface area contributed by atoms with Crippen molar-refractivity contribution in [1.29, 1.82) is 0 Å². The summed E-state index contributed by atoms with van der Waals surface area (Å²) < 4.78 is 29.2. The van der Waals surface area contributed by atoms with Crippen LogP contribution in [0, 0.1) is 0 Å². The van der Waals surface area contributed by atoms with Crippen LogP contribution in [-0.4, -0.2) is 60.9 Å². The van der Waals surface area contributed by atoms with Gasteiger partial charge in [0.15, 0.2) is 16.4 Å². The smallest absolute Gasteiger partial charge is 0.338 e. The number of sulfone groups is 1. The van der Waals surface area contributed by atoms with E-state index < -0.39 is 22.4 Å². The molecule has 0 radical (unpaired) electrons. The van der Waals surface area contributed by atoms with Crippen molar-refractivity contribution in [3.8, 4) is 0 Å². The first-order valence-electron chi connectivity index (χ1n) is 7.90. The molecule has 1 aromatic heterocycles. The second-order valence-electron chi connectivity index (χ2n) is 5.85. The van der Waals surface area contributed by atoms with E-state index >= 15 is 0 Å². The Labute approximate surface area is 149 Å². The molecule has 1 atom stereocenters. The summed E-state index contributed by atoms with van der Waals surface area (Å²) in [5, 5.41) is 0. The summed E-state index contributed by atoms with van der Waals surface area (Å²) in [5.74, 6) is -0.894. The van der Waals surface area contributed by atoms with E-state index in [9.17, 15) is 18.0 Å². The molecule has 0 N–H and O–H groups in total. The quantitative estimate of drug-likeness (QED) is 0.727. The highest BCUT2D eigenvalue weighted by Gasteiger charge is 2.34. The normalized spacial score (nSPS) is 19.0. The Bertz CT molecular complexity index is 906. The number of carbonyl (C=O) groups is 2. The summed E-state index contributed by atoms with van der Waals surface area (Å²) in [5.41, 5.74) is 2.85. The monoisotopic (exact) mass is 382 g/mol.